The molecule has 1 N–H and O–H groups in total. The van der Waals surface area contributed by atoms with Crippen LogP contribution in [0.15, 0.2) is 12.4 Å². The molecular formula is C12H22N4. The number of hydrogen-bond donors (Lipinski definition) is 1. The summed E-state index contributed by atoms with van der Waals surface area (Å²) in [6, 6.07) is 0. The van der Waals surface area contributed by atoms with Crippen molar-refractivity contribution in [2.24, 2.45) is 13.0 Å². The van der Waals surface area contributed by atoms with Gasteiger partial charge < -0.3 is 10.2 Å². The number of nitrogens with one attached hydrogen (secondary N) is 1. The Labute approximate surface area is 97.6 Å². The summed E-state index contributed by atoms with van der Waals surface area (Å²) >= 11 is 0. The topological polar surface area (TPSA) is 33.1 Å². The monoisotopic (exact) mass is 222 g/mol. The Kier molecular flexibility index (Phi) is 3.96. The molecule has 0 saturated carbocycles. The Balaban J connectivity index is 1.58. The van der Waals surface area contributed by atoms with Crippen LogP contribution in [0.3, 0.4) is 0 Å². The Morgan fingerprint density at radius 2 is 2.38 bits per heavy atom. The zero-order chi connectivity index (χ0) is 11.4. The number of likely N-dealkylation sites (tertiary alicyclic amines) is 1. The van der Waals surface area contributed by atoms with Crippen molar-refractivity contribution in [1.82, 2.24) is 20.0 Å². The largest absolute Gasteiger partial charge is 0.316 e. The average molecular weight is 222 g/mol. The molecule has 0 bridgehead atoms. The highest BCUT2D eigenvalue weighted by Crippen LogP contribution is 2.12. The molecule has 1 aromatic heterocycles. The van der Waals surface area contributed by atoms with Gasteiger partial charge in [0.2, 0.25) is 0 Å². The summed E-state index contributed by atoms with van der Waals surface area (Å²) < 4.78 is 1.86. The lowest BCUT2D eigenvalue weighted by atomic mass is 10.1. The maximum Gasteiger partial charge on any atom is 0.0522 e. The summed E-state index contributed by atoms with van der Waals surface area (Å²) in [7, 11) is 4.17. The van der Waals surface area contributed by atoms with E-state index in [0.717, 1.165) is 25.4 Å². The molecule has 0 radical (unpaired) electrons. The summed E-state index contributed by atoms with van der Waals surface area (Å²) in [4.78, 5) is 2.41. The van der Waals surface area contributed by atoms with E-state index in [4.69, 9.17) is 0 Å². The molecule has 0 spiro atoms. The standard InChI is InChI=1S/C12H22N4/c1-15-6-4-12(9-15)7-13-5-3-11-8-14-16(2)10-11/h8,10,12-13H,3-7,9H2,1-2H3. The van der Waals surface area contributed by atoms with E-state index >= 15 is 0 Å². The molecule has 90 valence electrons. The molecule has 1 aromatic rings. The number of rotatable bonds is 5. The second kappa shape index (κ2) is 5.46. The van der Waals surface area contributed by atoms with Gasteiger partial charge in [0.05, 0.1) is 6.20 Å². The van der Waals surface area contributed by atoms with Gasteiger partial charge in [0.1, 0.15) is 0 Å². The number of hydrogen-bond acceptors (Lipinski definition) is 3. The maximum atomic E-state index is 4.16. The van der Waals surface area contributed by atoms with Gasteiger partial charge in [0.15, 0.2) is 0 Å². The quantitative estimate of drug-likeness (QED) is 0.737. The van der Waals surface area contributed by atoms with Gasteiger partial charge in [0, 0.05) is 19.8 Å². The fourth-order valence-corrected chi connectivity index (χ4v) is 2.33. The number of nitrogens with zero attached hydrogens (tertiary/aromatic N) is 3. The van der Waals surface area contributed by atoms with Crippen LogP contribution in [0.25, 0.3) is 0 Å². The van der Waals surface area contributed by atoms with E-state index in [1.54, 1.807) is 0 Å². The molecule has 1 saturated heterocycles. The maximum absolute atomic E-state index is 4.16. The highest BCUT2D eigenvalue weighted by Gasteiger charge is 2.18. The van der Waals surface area contributed by atoms with Crippen LogP contribution in [0.2, 0.25) is 0 Å². The molecule has 0 aliphatic carbocycles. The second-order valence-corrected chi connectivity index (χ2v) is 4.89. The second-order valence-electron chi connectivity index (χ2n) is 4.89. The summed E-state index contributed by atoms with van der Waals surface area (Å²) in [6.45, 7) is 4.73. The van der Waals surface area contributed by atoms with E-state index in [1.165, 1.54) is 25.1 Å². The Hall–Kier alpha value is -0.870. The van der Waals surface area contributed by atoms with E-state index in [1.807, 2.05) is 17.9 Å². The van der Waals surface area contributed by atoms with E-state index < -0.39 is 0 Å². The SMILES string of the molecule is CN1CCC(CNCCc2cnn(C)c2)C1. The fourth-order valence-electron chi connectivity index (χ4n) is 2.33. The van der Waals surface area contributed by atoms with Crippen molar-refractivity contribution in [1.29, 1.82) is 0 Å². The zero-order valence-corrected chi connectivity index (χ0v) is 10.3. The molecule has 1 aliphatic heterocycles. The minimum absolute atomic E-state index is 0.846. The normalized spacial score (nSPS) is 21.8. The number of aromatic nitrogens is 2. The van der Waals surface area contributed by atoms with E-state index in [0.29, 0.717) is 0 Å². The Bertz CT molecular complexity index is 321. The van der Waals surface area contributed by atoms with Gasteiger partial charge in [-0.15, -0.1) is 0 Å². The van der Waals surface area contributed by atoms with Crippen molar-refractivity contribution in [3.05, 3.63) is 18.0 Å². The fraction of sp³-hybridized carbons (Fsp3) is 0.750. The van der Waals surface area contributed by atoms with Gasteiger partial charge >= 0.3 is 0 Å². The third kappa shape index (κ3) is 3.32. The molecule has 4 nitrogen and oxygen atoms in total. The van der Waals surface area contributed by atoms with Crippen molar-refractivity contribution >= 4 is 0 Å². The van der Waals surface area contributed by atoms with Crippen LogP contribution in [0.4, 0.5) is 0 Å². The van der Waals surface area contributed by atoms with E-state index in [2.05, 4.69) is 28.6 Å². The molecule has 2 rings (SSSR count). The summed E-state index contributed by atoms with van der Waals surface area (Å²) in [5.41, 5.74) is 1.32. The van der Waals surface area contributed by atoms with Crippen LogP contribution in [0.5, 0.6) is 0 Å². The van der Waals surface area contributed by atoms with Gasteiger partial charge in [-0.25, -0.2) is 0 Å². The first-order chi connectivity index (χ1) is 7.74. The lowest BCUT2D eigenvalue weighted by Crippen LogP contribution is -2.26. The third-order valence-electron chi connectivity index (χ3n) is 3.27. The summed E-state index contributed by atoms with van der Waals surface area (Å²) in [6.07, 6.45) is 6.46. The highest BCUT2D eigenvalue weighted by atomic mass is 15.2. The average Bonchev–Trinajstić information content (AvgIpc) is 2.83. The van der Waals surface area contributed by atoms with Crippen LogP contribution in [0.1, 0.15) is 12.0 Å². The molecular weight excluding hydrogens is 200 g/mol. The predicted molar refractivity (Wildman–Crippen MR) is 65.4 cm³/mol. The molecule has 1 unspecified atom stereocenters. The number of aryl methyl sites for hydroxylation is 1. The van der Waals surface area contributed by atoms with Crippen molar-refractivity contribution in [3.63, 3.8) is 0 Å². The molecule has 0 amide bonds. The first-order valence-corrected chi connectivity index (χ1v) is 6.11. The molecule has 2 heterocycles. The molecule has 0 aromatic carbocycles. The van der Waals surface area contributed by atoms with E-state index in [9.17, 15) is 0 Å². The van der Waals surface area contributed by atoms with Crippen LogP contribution >= 0.6 is 0 Å². The molecule has 1 aliphatic rings. The Morgan fingerprint density at radius 1 is 1.50 bits per heavy atom. The molecule has 1 fully saturated rings. The smallest absolute Gasteiger partial charge is 0.0522 e. The lowest BCUT2D eigenvalue weighted by Gasteiger charge is -2.11. The summed E-state index contributed by atoms with van der Waals surface area (Å²) in [5.74, 6) is 0.846. The highest BCUT2D eigenvalue weighted by molar-refractivity contribution is 5.03. The Morgan fingerprint density at radius 3 is 3.00 bits per heavy atom. The summed E-state index contributed by atoms with van der Waals surface area (Å²) in [5, 5.41) is 7.71. The van der Waals surface area contributed by atoms with Crippen molar-refractivity contribution in [2.75, 3.05) is 33.2 Å². The van der Waals surface area contributed by atoms with Gasteiger partial charge in [-0.05, 0) is 51.0 Å². The first-order valence-electron chi connectivity index (χ1n) is 6.11. The third-order valence-corrected chi connectivity index (χ3v) is 3.27. The zero-order valence-electron chi connectivity index (χ0n) is 10.3. The lowest BCUT2D eigenvalue weighted by molar-refractivity contribution is 0.389. The predicted octanol–water partition coefficient (Wildman–Crippen LogP) is 0.504. The van der Waals surface area contributed by atoms with Crippen LogP contribution < -0.4 is 5.32 Å². The minimum atomic E-state index is 0.846. The van der Waals surface area contributed by atoms with Crippen molar-refractivity contribution in [3.8, 4) is 0 Å². The molecule has 4 heteroatoms. The van der Waals surface area contributed by atoms with Crippen LogP contribution in [0, 0.1) is 5.92 Å². The van der Waals surface area contributed by atoms with Gasteiger partial charge in [-0.1, -0.05) is 0 Å². The van der Waals surface area contributed by atoms with Crippen molar-refractivity contribution in [2.45, 2.75) is 12.8 Å². The van der Waals surface area contributed by atoms with Gasteiger partial charge in [-0.2, -0.15) is 5.10 Å². The van der Waals surface area contributed by atoms with Crippen LogP contribution in [-0.2, 0) is 13.5 Å². The molecule has 16 heavy (non-hydrogen) atoms. The first kappa shape index (κ1) is 11.6. The molecule has 1 atom stereocenters. The van der Waals surface area contributed by atoms with Gasteiger partial charge in [0.25, 0.3) is 0 Å². The van der Waals surface area contributed by atoms with E-state index in [-0.39, 0.29) is 0 Å². The minimum Gasteiger partial charge on any atom is -0.316 e. The van der Waals surface area contributed by atoms with Crippen molar-refractivity contribution < 1.29 is 0 Å². The van der Waals surface area contributed by atoms with Gasteiger partial charge in [-0.3, -0.25) is 4.68 Å². The van der Waals surface area contributed by atoms with Crippen LogP contribution in [-0.4, -0.2) is 47.9 Å².